The van der Waals surface area contributed by atoms with E-state index < -0.39 is 22.5 Å². The third kappa shape index (κ3) is 9.05. The summed E-state index contributed by atoms with van der Waals surface area (Å²) in [5.41, 5.74) is 4.15. The van der Waals surface area contributed by atoms with Crippen molar-refractivity contribution in [3.05, 3.63) is 94.0 Å². The number of hydrazone groups is 1. The van der Waals surface area contributed by atoms with Crippen LogP contribution in [0.2, 0.25) is 10.0 Å². The highest BCUT2D eigenvalue weighted by molar-refractivity contribution is 7.92. The molecule has 0 aliphatic heterocycles. The van der Waals surface area contributed by atoms with E-state index in [1.54, 1.807) is 24.3 Å². The zero-order valence-corrected chi connectivity index (χ0v) is 22.8. The van der Waals surface area contributed by atoms with Gasteiger partial charge in [-0.25, -0.2) is 13.8 Å². The van der Waals surface area contributed by atoms with Gasteiger partial charge in [0, 0.05) is 6.54 Å². The lowest BCUT2D eigenvalue weighted by molar-refractivity contribution is -0.123. The standard InChI is InChI=1S/C26H26Cl2N4O5S/c1-38(35,36)32(23-9-5-8-22(27)26(23)28)17-24(33)31-30-16-20-10-12-21(13-11-20)37-18-25(34)29-15-14-19-6-3-2-4-7-19/h2-13,16H,14-15,17-18H2,1H3,(H,29,34)(H,31,33)/b30-16+. The molecule has 200 valence electrons. The Morgan fingerprint density at radius 2 is 1.68 bits per heavy atom. The average molecular weight is 577 g/mol. The lowest BCUT2D eigenvalue weighted by Crippen LogP contribution is -2.39. The van der Waals surface area contributed by atoms with Gasteiger partial charge in [0.2, 0.25) is 10.0 Å². The number of hydrogen-bond donors (Lipinski definition) is 2. The van der Waals surface area contributed by atoms with E-state index in [-0.39, 0.29) is 28.2 Å². The maximum Gasteiger partial charge on any atom is 0.260 e. The van der Waals surface area contributed by atoms with Crippen LogP contribution in [0.1, 0.15) is 11.1 Å². The molecule has 0 atom stereocenters. The van der Waals surface area contributed by atoms with E-state index >= 15 is 0 Å². The molecule has 3 aromatic rings. The molecule has 0 bridgehead atoms. The number of anilines is 1. The molecule has 0 aliphatic carbocycles. The zero-order valence-electron chi connectivity index (χ0n) is 20.4. The summed E-state index contributed by atoms with van der Waals surface area (Å²) in [5, 5.41) is 6.85. The number of amides is 2. The van der Waals surface area contributed by atoms with E-state index in [9.17, 15) is 18.0 Å². The third-order valence-corrected chi connectivity index (χ3v) is 7.05. The second-order valence-electron chi connectivity index (χ2n) is 8.08. The van der Waals surface area contributed by atoms with Crippen LogP contribution in [0.25, 0.3) is 0 Å². The van der Waals surface area contributed by atoms with Gasteiger partial charge in [0.25, 0.3) is 11.8 Å². The Labute approximate surface area is 231 Å². The van der Waals surface area contributed by atoms with Gasteiger partial charge in [-0.3, -0.25) is 13.9 Å². The zero-order chi connectivity index (χ0) is 27.5. The van der Waals surface area contributed by atoms with Gasteiger partial charge < -0.3 is 10.1 Å². The molecular formula is C26H26Cl2N4O5S. The van der Waals surface area contributed by atoms with Gasteiger partial charge in [0.1, 0.15) is 12.3 Å². The van der Waals surface area contributed by atoms with Gasteiger partial charge in [-0.1, -0.05) is 59.6 Å². The molecule has 3 aromatic carbocycles. The Hall–Kier alpha value is -3.60. The van der Waals surface area contributed by atoms with Crippen molar-refractivity contribution >= 4 is 56.9 Å². The Morgan fingerprint density at radius 3 is 2.37 bits per heavy atom. The van der Waals surface area contributed by atoms with Crippen LogP contribution >= 0.6 is 23.2 Å². The monoisotopic (exact) mass is 576 g/mol. The van der Waals surface area contributed by atoms with E-state index in [1.165, 1.54) is 24.4 Å². The number of rotatable bonds is 12. The summed E-state index contributed by atoms with van der Waals surface area (Å²) in [4.78, 5) is 24.3. The largest absolute Gasteiger partial charge is 0.484 e. The maximum absolute atomic E-state index is 12.4. The highest BCUT2D eigenvalue weighted by Gasteiger charge is 2.23. The molecule has 38 heavy (non-hydrogen) atoms. The molecule has 0 unspecified atom stereocenters. The molecule has 0 aliphatic rings. The number of ether oxygens (including phenoxy) is 1. The molecule has 0 saturated heterocycles. The van der Waals surface area contributed by atoms with Gasteiger partial charge in [-0.2, -0.15) is 5.10 Å². The highest BCUT2D eigenvalue weighted by atomic mass is 35.5. The second kappa shape index (κ2) is 13.8. The first-order valence-corrected chi connectivity index (χ1v) is 14.0. The first-order chi connectivity index (χ1) is 18.1. The summed E-state index contributed by atoms with van der Waals surface area (Å²) in [6.07, 6.45) is 3.08. The number of carbonyl (C=O) groups is 2. The van der Waals surface area contributed by atoms with Gasteiger partial charge in [-0.15, -0.1) is 0 Å². The molecule has 0 aromatic heterocycles. The Kier molecular flexibility index (Phi) is 10.5. The van der Waals surface area contributed by atoms with Crippen LogP contribution in [0.15, 0.2) is 77.9 Å². The van der Waals surface area contributed by atoms with Crippen LogP contribution in [0.3, 0.4) is 0 Å². The van der Waals surface area contributed by atoms with Crippen molar-refractivity contribution < 1.29 is 22.7 Å². The number of carbonyl (C=O) groups excluding carboxylic acids is 2. The minimum atomic E-state index is -3.83. The van der Waals surface area contributed by atoms with E-state index in [1.807, 2.05) is 30.3 Å². The van der Waals surface area contributed by atoms with Crippen LogP contribution < -0.4 is 19.8 Å². The highest BCUT2D eigenvalue weighted by Crippen LogP contribution is 2.33. The van der Waals surface area contributed by atoms with Crippen molar-refractivity contribution in [3.63, 3.8) is 0 Å². The molecule has 0 fully saturated rings. The van der Waals surface area contributed by atoms with Crippen LogP contribution in [0.4, 0.5) is 5.69 Å². The second-order valence-corrected chi connectivity index (χ2v) is 10.8. The maximum atomic E-state index is 12.4. The summed E-state index contributed by atoms with van der Waals surface area (Å²) in [6, 6.07) is 21.0. The van der Waals surface area contributed by atoms with E-state index in [0.29, 0.717) is 17.9 Å². The van der Waals surface area contributed by atoms with Crippen molar-refractivity contribution in [1.82, 2.24) is 10.7 Å². The predicted octanol–water partition coefficient (Wildman–Crippen LogP) is 3.65. The number of halogens is 2. The Balaban J connectivity index is 1.46. The molecule has 2 amide bonds. The lowest BCUT2D eigenvalue weighted by atomic mass is 10.1. The van der Waals surface area contributed by atoms with Crippen molar-refractivity contribution in [2.75, 3.05) is 30.3 Å². The van der Waals surface area contributed by atoms with Crippen molar-refractivity contribution in [2.45, 2.75) is 6.42 Å². The minimum Gasteiger partial charge on any atom is -0.484 e. The quantitative estimate of drug-likeness (QED) is 0.252. The molecule has 3 rings (SSSR count). The Bertz CT molecular complexity index is 1380. The smallest absolute Gasteiger partial charge is 0.260 e. The SMILES string of the molecule is CS(=O)(=O)N(CC(=O)N/N=C/c1ccc(OCC(=O)NCCc2ccccc2)cc1)c1cccc(Cl)c1Cl. The predicted molar refractivity (Wildman–Crippen MR) is 149 cm³/mol. The molecule has 0 saturated carbocycles. The molecule has 12 heteroatoms. The van der Waals surface area contributed by atoms with Crippen LogP contribution in [0.5, 0.6) is 5.75 Å². The van der Waals surface area contributed by atoms with E-state index in [0.717, 1.165) is 22.5 Å². The fourth-order valence-electron chi connectivity index (χ4n) is 3.25. The van der Waals surface area contributed by atoms with Gasteiger partial charge in [0.05, 0.1) is 28.2 Å². The minimum absolute atomic E-state index is 0.0165. The van der Waals surface area contributed by atoms with Gasteiger partial charge in [-0.05, 0) is 53.9 Å². The summed E-state index contributed by atoms with van der Waals surface area (Å²) in [7, 11) is -3.83. The van der Waals surface area contributed by atoms with Crippen LogP contribution in [0, 0.1) is 0 Å². The fourth-order valence-corrected chi connectivity index (χ4v) is 4.56. The summed E-state index contributed by atoms with van der Waals surface area (Å²) >= 11 is 12.1. The van der Waals surface area contributed by atoms with Crippen molar-refractivity contribution in [2.24, 2.45) is 5.10 Å². The van der Waals surface area contributed by atoms with Gasteiger partial charge in [0.15, 0.2) is 6.61 Å². The molecular weight excluding hydrogens is 551 g/mol. The third-order valence-electron chi connectivity index (χ3n) is 5.12. The van der Waals surface area contributed by atoms with E-state index in [2.05, 4.69) is 15.8 Å². The molecule has 9 nitrogen and oxygen atoms in total. The molecule has 0 spiro atoms. The number of nitrogens with zero attached hydrogens (tertiary/aromatic N) is 2. The van der Waals surface area contributed by atoms with Crippen LogP contribution in [-0.4, -0.2) is 52.4 Å². The number of hydrogen-bond acceptors (Lipinski definition) is 6. The van der Waals surface area contributed by atoms with Crippen molar-refractivity contribution in [1.29, 1.82) is 0 Å². The molecule has 2 N–H and O–H groups in total. The number of nitrogens with one attached hydrogen (secondary N) is 2. The number of sulfonamides is 1. The normalized spacial score (nSPS) is 11.2. The van der Waals surface area contributed by atoms with Gasteiger partial charge >= 0.3 is 0 Å². The van der Waals surface area contributed by atoms with Crippen molar-refractivity contribution in [3.8, 4) is 5.75 Å². The number of benzene rings is 3. The summed E-state index contributed by atoms with van der Waals surface area (Å²) < 4.78 is 30.8. The first-order valence-electron chi connectivity index (χ1n) is 11.4. The molecule has 0 radical (unpaired) electrons. The summed E-state index contributed by atoms with van der Waals surface area (Å²) in [6.45, 7) is -0.149. The lowest BCUT2D eigenvalue weighted by Gasteiger charge is -2.22. The average Bonchev–Trinajstić information content (AvgIpc) is 2.89. The fraction of sp³-hybridized carbons (Fsp3) is 0.192. The topological polar surface area (TPSA) is 117 Å². The van der Waals surface area contributed by atoms with E-state index in [4.69, 9.17) is 27.9 Å². The Morgan fingerprint density at radius 1 is 0.974 bits per heavy atom. The van der Waals surface area contributed by atoms with Crippen LogP contribution in [-0.2, 0) is 26.0 Å². The molecule has 0 heterocycles. The first kappa shape index (κ1) is 29.0. The summed E-state index contributed by atoms with van der Waals surface area (Å²) in [5.74, 6) is -0.413.